The largest absolute Gasteiger partial charge is 0.444 e. The molecule has 1 aliphatic rings. The number of hydrogen-bond acceptors (Lipinski definition) is 3. The Labute approximate surface area is 172 Å². The van der Waals surface area contributed by atoms with Crippen molar-refractivity contribution in [1.29, 1.82) is 0 Å². The quantitative estimate of drug-likeness (QED) is 0.592. The van der Waals surface area contributed by atoms with Crippen LogP contribution in [0.1, 0.15) is 46.7 Å². The molecule has 29 heavy (non-hydrogen) atoms. The number of aromatic nitrogens is 1. The van der Waals surface area contributed by atoms with Crippen LogP contribution in [0.4, 0.5) is 0 Å². The first-order valence-corrected chi connectivity index (χ1v) is 10.2. The van der Waals surface area contributed by atoms with Gasteiger partial charge < -0.3 is 9.52 Å². The average molecular weight is 386 g/mol. The van der Waals surface area contributed by atoms with E-state index in [1.807, 2.05) is 6.08 Å². The summed E-state index contributed by atoms with van der Waals surface area (Å²) in [6, 6.07) is 16.6. The monoisotopic (exact) mass is 385 g/mol. The van der Waals surface area contributed by atoms with Gasteiger partial charge in [0.2, 0.25) is 5.89 Å². The topological polar surface area (TPSA) is 46.3 Å². The van der Waals surface area contributed by atoms with Crippen LogP contribution in [-0.2, 0) is 18.4 Å². The zero-order valence-electron chi connectivity index (χ0n) is 17.1. The van der Waals surface area contributed by atoms with Gasteiger partial charge in [0.25, 0.3) is 0 Å². The molecule has 0 saturated heterocycles. The van der Waals surface area contributed by atoms with Crippen LogP contribution < -0.4 is 0 Å². The van der Waals surface area contributed by atoms with E-state index in [-0.39, 0.29) is 0 Å². The summed E-state index contributed by atoms with van der Waals surface area (Å²) < 4.78 is 5.77. The molecule has 0 fully saturated rings. The summed E-state index contributed by atoms with van der Waals surface area (Å²) in [5.74, 6) is 0.571. The van der Waals surface area contributed by atoms with Gasteiger partial charge >= 0.3 is 0 Å². The molecule has 0 bridgehead atoms. The number of rotatable bonds is 6. The van der Waals surface area contributed by atoms with E-state index in [0.717, 1.165) is 29.5 Å². The van der Waals surface area contributed by atoms with Crippen LogP contribution in [-0.4, -0.2) is 10.1 Å². The van der Waals surface area contributed by atoms with Crippen molar-refractivity contribution in [2.24, 2.45) is 0 Å². The van der Waals surface area contributed by atoms with Crippen molar-refractivity contribution in [3.63, 3.8) is 0 Å². The van der Waals surface area contributed by atoms with Gasteiger partial charge in [-0.2, -0.15) is 0 Å². The third-order valence-corrected chi connectivity index (χ3v) is 5.46. The normalized spacial score (nSPS) is 14.1. The molecule has 1 N–H and O–H groups in total. The highest BCUT2D eigenvalue weighted by molar-refractivity contribution is 5.69. The lowest BCUT2D eigenvalue weighted by Gasteiger charge is -2.26. The Kier molecular flexibility index (Phi) is 5.50. The molecule has 2 aromatic carbocycles. The smallest absolute Gasteiger partial charge is 0.225 e. The molecule has 0 spiro atoms. The fraction of sp³-hybridized carbons (Fsp3) is 0.269. The minimum absolute atomic E-state index is 0.474. The predicted molar refractivity (Wildman–Crippen MR) is 117 cm³/mol. The van der Waals surface area contributed by atoms with Crippen molar-refractivity contribution < 1.29 is 9.52 Å². The van der Waals surface area contributed by atoms with Crippen LogP contribution in [0, 0.1) is 13.8 Å². The van der Waals surface area contributed by atoms with Gasteiger partial charge in [0.15, 0.2) is 0 Å². The second-order valence-corrected chi connectivity index (χ2v) is 8.03. The van der Waals surface area contributed by atoms with Crippen LogP contribution in [0.15, 0.2) is 77.4 Å². The van der Waals surface area contributed by atoms with Gasteiger partial charge in [0, 0.05) is 18.4 Å². The number of benzene rings is 2. The Bertz CT molecular complexity index is 976. The minimum Gasteiger partial charge on any atom is -0.444 e. The van der Waals surface area contributed by atoms with Crippen molar-refractivity contribution >= 4 is 5.57 Å². The van der Waals surface area contributed by atoms with E-state index in [1.54, 1.807) is 6.26 Å². The summed E-state index contributed by atoms with van der Waals surface area (Å²) in [6.07, 6.45) is 10.9. The molecule has 148 valence electrons. The zero-order valence-corrected chi connectivity index (χ0v) is 17.1. The van der Waals surface area contributed by atoms with E-state index in [4.69, 9.17) is 9.40 Å². The van der Waals surface area contributed by atoms with Gasteiger partial charge in [-0.05, 0) is 37.8 Å². The molecule has 3 heteroatoms. The van der Waals surface area contributed by atoms with Gasteiger partial charge in [-0.15, -0.1) is 0 Å². The van der Waals surface area contributed by atoms with Crippen molar-refractivity contribution in [1.82, 2.24) is 4.98 Å². The maximum absolute atomic E-state index is 11.8. The number of aryl methyl sites for hydroxylation is 2. The summed E-state index contributed by atoms with van der Waals surface area (Å²) >= 11 is 0. The van der Waals surface area contributed by atoms with E-state index >= 15 is 0 Å². The molecular formula is C26H27NO2. The number of aliphatic hydroxyl groups is 1. The first-order valence-electron chi connectivity index (χ1n) is 10.2. The highest BCUT2D eigenvalue weighted by atomic mass is 16.3. The Hall–Kier alpha value is -2.91. The second-order valence-electron chi connectivity index (χ2n) is 8.03. The van der Waals surface area contributed by atoms with Gasteiger partial charge in [-0.1, -0.05) is 77.9 Å². The summed E-state index contributed by atoms with van der Waals surface area (Å²) in [7, 11) is 0. The Balaban J connectivity index is 1.68. The third-order valence-electron chi connectivity index (χ3n) is 5.46. The number of oxazole rings is 1. The molecule has 0 radical (unpaired) electrons. The third kappa shape index (κ3) is 4.57. The summed E-state index contributed by atoms with van der Waals surface area (Å²) in [4.78, 5) is 4.70. The zero-order chi connectivity index (χ0) is 20.3. The number of nitrogens with zero attached hydrogens (tertiary/aromatic N) is 1. The molecule has 1 heterocycles. The van der Waals surface area contributed by atoms with Gasteiger partial charge in [-0.3, -0.25) is 0 Å². The second kappa shape index (κ2) is 8.22. The molecule has 3 aromatic rings. The first kappa shape index (κ1) is 19.4. The molecule has 3 nitrogen and oxygen atoms in total. The van der Waals surface area contributed by atoms with Crippen LogP contribution in [0.2, 0.25) is 0 Å². The lowest BCUT2D eigenvalue weighted by molar-refractivity contribution is 0.0326. The summed E-state index contributed by atoms with van der Waals surface area (Å²) in [6.45, 7) is 4.13. The van der Waals surface area contributed by atoms with Crippen molar-refractivity contribution in [2.75, 3.05) is 0 Å². The fourth-order valence-corrected chi connectivity index (χ4v) is 3.72. The summed E-state index contributed by atoms with van der Waals surface area (Å²) in [5.41, 5.74) is 4.97. The maximum atomic E-state index is 11.8. The number of hydrogen-bond donors (Lipinski definition) is 1. The van der Waals surface area contributed by atoms with Crippen LogP contribution in [0.3, 0.4) is 0 Å². The van der Waals surface area contributed by atoms with Crippen molar-refractivity contribution in [3.05, 3.63) is 107 Å². The van der Waals surface area contributed by atoms with Crippen LogP contribution >= 0.6 is 0 Å². The maximum Gasteiger partial charge on any atom is 0.225 e. The molecule has 0 unspecified atom stereocenters. The van der Waals surface area contributed by atoms with Crippen LogP contribution in [0.5, 0.6) is 0 Å². The molecule has 0 aliphatic heterocycles. The van der Waals surface area contributed by atoms with Crippen molar-refractivity contribution in [2.45, 2.75) is 45.1 Å². The van der Waals surface area contributed by atoms with Crippen molar-refractivity contribution in [3.8, 4) is 0 Å². The van der Waals surface area contributed by atoms with Crippen LogP contribution in [0.25, 0.3) is 5.57 Å². The molecule has 4 rings (SSSR count). The average Bonchev–Trinajstić information content (AvgIpc) is 3.24. The van der Waals surface area contributed by atoms with Gasteiger partial charge in [0.1, 0.15) is 17.6 Å². The first-order chi connectivity index (χ1) is 14.0. The van der Waals surface area contributed by atoms with E-state index in [9.17, 15) is 5.11 Å². The Morgan fingerprint density at radius 3 is 2.00 bits per heavy atom. The van der Waals surface area contributed by atoms with E-state index < -0.39 is 5.60 Å². The minimum atomic E-state index is -1.15. The summed E-state index contributed by atoms with van der Waals surface area (Å²) in [5, 5.41) is 11.8. The fourth-order valence-electron chi connectivity index (χ4n) is 3.72. The number of allylic oxidation sites excluding steroid dienone is 4. The molecule has 0 atom stereocenters. The SMILES string of the molecule is Cc1ccc(CC(O)(Cc2ccc(C)cc2)c2coc(C3=CCCC=C3)n2)cc1. The molecule has 1 aliphatic carbocycles. The standard InChI is InChI=1S/C26H27NO2/c1-19-8-12-21(13-9-19)16-26(28,17-22-14-10-20(2)11-15-22)24-18-29-25(27-24)23-6-4-3-5-7-23/h4,6-15,18,28H,3,5,16-17H2,1-2H3. The highest BCUT2D eigenvalue weighted by Crippen LogP contribution is 2.32. The predicted octanol–water partition coefficient (Wildman–Crippen LogP) is 5.70. The molecular weight excluding hydrogens is 358 g/mol. The Morgan fingerprint density at radius 2 is 1.48 bits per heavy atom. The van der Waals surface area contributed by atoms with E-state index in [1.165, 1.54) is 11.1 Å². The lowest BCUT2D eigenvalue weighted by atomic mass is 9.85. The Morgan fingerprint density at radius 1 is 0.897 bits per heavy atom. The molecule has 1 aromatic heterocycles. The molecule has 0 amide bonds. The van der Waals surface area contributed by atoms with E-state index in [0.29, 0.717) is 24.4 Å². The van der Waals surface area contributed by atoms with Gasteiger partial charge in [-0.25, -0.2) is 4.98 Å². The lowest BCUT2D eigenvalue weighted by Crippen LogP contribution is -2.32. The van der Waals surface area contributed by atoms with E-state index in [2.05, 4.69) is 74.5 Å². The highest BCUT2D eigenvalue weighted by Gasteiger charge is 2.34. The molecule has 0 saturated carbocycles. The van der Waals surface area contributed by atoms with Gasteiger partial charge in [0.05, 0.1) is 0 Å².